The van der Waals surface area contributed by atoms with Crippen LogP contribution in [-0.2, 0) is 16.1 Å². The average molecular weight is 580 g/mol. The lowest BCUT2D eigenvalue weighted by atomic mass is 10.1. The molecule has 1 N–H and O–H groups in total. The molecule has 11 heteroatoms. The maximum atomic E-state index is 12.7. The van der Waals surface area contributed by atoms with E-state index in [9.17, 15) is 25.0 Å². The number of nitro benzene ring substituents is 1. The summed E-state index contributed by atoms with van der Waals surface area (Å²) in [5.74, 6) is -0.415. The number of ether oxygens (including phenoxy) is 3. The number of anilines is 1. The van der Waals surface area contributed by atoms with Crippen molar-refractivity contribution in [2.24, 2.45) is 0 Å². The summed E-state index contributed by atoms with van der Waals surface area (Å²) in [7, 11) is 1.27. The molecule has 0 saturated carbocycles. The van der Waals surface area contributed by atoms with Crippen LogP contribution >= 0.6 is 15.9 Å². The van der Waals surface area contributed by atoms with Crippen LogP contribution in [0.5, 0.6) is 11.5 Å². The first-order valence-electron chi connectivity index (χ1n) is 11.2. The van der Waals surface area contributed by atoms with Crippen molar-refractivity contribution >= 4 is 45.3 Å². The Morgan fingerprint density at radius 1 is 1.11 bits per heavy atom. The Labute approximate surface area is 226 Å². The molecule has 3 rings (SSSR count). The minimum absolute atomic E-state index is 0.0421. The van der Waals surface area contributed by atoms with E-state index in [2.05, 4.69) is 26.0 Å². The molecular weight excluding hydrogens is 558 g/mol. The van der Waals surface area contributed by atoms with Gasteiger partial charge in [-0.05, 0) is 60.5 Å². The summed E-state index contributed by atoms with van der Waals surface area (Å²) in [5, 5.41) is 23.3. The molecule has 38 heavy (non-hydrogen) atoms. The van der Waals surface area contributed by atoms with E-state index in [0.29, 0.717) is 45.0 Å². The summed E-state index contributed by atoms with van der Waals surface area (Å²) in [6, 6.07) is 17.3. The Kier molecular flexibility index (Phi) is 9.56. The first-order chi connectivity index (χ1) is 18.2. The zero-order chi connectivity index (χ0) is 27.7. The Bertz CT molecular complexity index is 1430. The van der Waals surface area contributed by atoms with Crippen LogP contribution in [0, 0.1) is 21.4 Å². The molecule has 3 aromatic carbocycles. The molecule has 0 aliphatic heterocycles. The molecule has 0 saturated heterocycles. The van der Waals surface area contributed by atoms with Gasteiger partial charge in [-0.1, -0.05) is 28.1 Å². The molecule has 0 unspecified atom stereocenters. The molecule has 194 valence electrons. The number of esters is 1. The van der Waals surface area contributed by atoms with Crippen molar-refractivity contribution in [1.29, 1.82) is 5.26 Å². The highest BCUT2D eigenvalue weighted by Crippen LogP contribution is 2.35. The van der Waals surface area contributed by atoms with Gasteiger partial charge >= 0.3 is 5.97 Å². The summed E-state index contributed by atoms with van der Waals surface area (Å²) in [6.45, 7) is 2.18. The molecular formula is C27H22BrN3O7. The lowest BCUT2D eigenvalue weighted by Crippen LogP contribution is -2.13. The smallest absolute Gasteiger partial charge is 0.337 e. The van der Waals surface area contributed by atoms with Crippen LogP contribution in [-0.4, -0.2) is 30.5 Å². The molecule has 0 aromatic heterocycles. The molecule has 0 spiro atoms. The first-order valence-corrected chi connectivity index (χ1v) is 12.0. The lowest BCUT2D eigenvalue weighted by Gasteiger charge is -2.14. The number of hydrogen-bond acceptors (Lipinski definition) is 8. The van der Waals surface area contributed by atoms with Crippen molar-refractivity contribution in [3.8, 4) is 17.6 Å². The number of carbonyl (C=O) groups excluding carboxylic acids is 2. The van der Waals surface area contributed by atoms with Crippen LogP contribution in [0.3, 0.4) is 0 Å². The molecule has 0 aliphatic rings. The number of nitrogens with zero attached hydrogens (tertiary/aromatic N) is 2. The molecule has 0 radical (unpaired) electrons. The molecule has 0 bridgehead atoms. The largest absolute Gasteiger partial charge is 0.490 e. The number of carbonyl (C=O) groups is 2. The van der Waals surface area contributed by atoms with Gasteiger partial charge in [0.05, 0.1) is 24.2 Å². The van der Waals surface area contributed by atoms with Gasteiger partial charge in [-0.15, -0.1) is 0 Å². The van der Waals surface area contributed by atoms with Gasteiger partial charge in [0, 0.05) is 22.3 Å². The highest BCUT2D eigenvalue weighted by molar-refractivity contribution is 9.10. The van der Waals surface area contributed by atoms with E-state index < -0.39 is 16.8 Å². The Morgan fingerprint density at radius 3 is 2.45 bits per heavy atom. The van der Waals surface area contributed by atoms with E-state index in [1.807, 2.05) is 6.07 Å². The highest BCUT2D eigenvalue weighted by Gasteiger charge is 2.15. The summed E-state index contributed by atoms with van der Waals surface area (Å²) in [4.78, 5) is 34.9. The number of methoxy groups -OCH3 is 1. The van der Waals surface area contributed by atoms with E-state index in [1.54, 1.807) is 31.2 Å². The van der Waals surface area contributed by atoms with E-state index in [0.717, 1.165) is 0 Å². The molecule has 0 aliphatic carbocycles. The number of nitro groups is 1. The van der Waals surface area contributed by atoms with Crippen molar-refractivity contribution in [1.82, 2.24) is 0 Å². The minimum atomic E-state index is -0.644. The maximum absolute atomic E-state index is 12.7. The van der Waals surface area contributed by atoms with Gasteiger partial charge < -0.3 is 19.5 Å². The van der Waals surface area contributed by atoms with Crippen LogP contribution in [0.25, 0.3) is 6.08 Å². The van der Waals surface area contributed by atoms with E-state index in [4.69, 9.17) is 9.47 Å². The Balaban J connectivity index is 1.81. The predicted molar refractivity (Wildman–Crippen MR) is 143 cm³/mol. The SMILES string of the molecule is CCOc1cc(/C=C(\C#N)C(=O)Nc2ccc(C(=O)OC)cc2)c(Br)cc1OCc1cccc([N+](=O)[O-])c1. The molecule has 3 aromatic rings. The van der Waals surface area contributed by atoms with Crippen LogP contribution in [0.15, 0.2) is 70.7 Å². The van der Waals surface area contributed by atoms with Gasteiger partial charge in [-0.2, -0.15) is 5.26 Å². The van der Waals surface area contributed by atoms with Crippen LogP contribution in [0.2, 0.25) is 0 Å². The van der Waals surface area contributed by atoms with Crippen LogP contribution in [0.4, 0.5) is 11.4 Å². The van der Waals surface area contributed by atoms with Gasteiger partial charge in [0.2, 0.25) is 0 Å². The Morgan fingerprint density at radius 2 is 1.82 bits per heavy atom. The number of nitriles is 1. The van der Waals surface area contributed by atoms with Crippen LogP contribution < -0.4 is 14.8 Å². The zero-order valence-electron chi connectivity index (χ0n) is 20.4. The molecule has 0 fully saturated rings. The van der Waals surface area contributed by atoms with Crippen molar-refractivity contribution in [2.75, 3.05) is 19.0 Å². The van der Waals surface area contributed by atoms with Crippen molar-refractivity contribution in [3.63, 3.8) is 0 Å². The summed E-state index contributed by atoms with van der Waals surface area (Å²) in [5.41, 5.74) is 1.59. The van der Waals surface area contributed by atoms with E-state index >= 15 is 0 Å². The fourth-order valence-corrected chi connectivity index (χ4v) is 3.71. The monoisotopic (exact) mass is 579 g/mol. The quantitative estimate of drug-likeness (QED) is 0.106. The van der Waals surface area contributed by atoms with Crippen molar-refractivity contribution < 1.29 is 28.7 Å². The van der Waals surface area contributed by atoms with E-state index in [-0.39, 0.29) is 17.9 Å². The highest BCUT2D eigenvalue weighted by atomic mass is 79.9. The zero-order valence-corrected chi connectivity index (χ0v) is 22.0. The fraction of sp³-hybridized carbons (Fsp3) is 0.148. The standard InChI is InChI=1S/C27H22BrN3O7/c1-3-37-24-13-19(23(28)14-25(24)38-16-17-5-4-6-22(11-17)31(34)35)12-20(15-29)26(32)30-21-9-7-18(8-10-21)27(33)36-2/h4-14H,3,16H2,1-2H3,(H,30,32)/b20-12+. The second kappa shape index (κ2) is 13.0. The van der Waals surface area contributed by atoms with Gasteiger partial charge in [-0.25, -0.2) is 4.79 Å². The fourth-order valence-electron chi connectivity index (χ4n) is 3.27. The van der Waals surface area contributed by atoms with Gasteiger partial charge in [0.1, 0.15) is 18.2 Å². The molecule has 10 nitrogen and oxygen atoms in total. The number of rotatable bonds is 10. The van der Waals surface area contributed by atoms with Gasteiger partial charge in [-0.3, -0.25) is 14.9 Å². The molecule has 1 amide bonds. The molecule has 0 atom stereocenters. The summed E-state index contributed by atoms with van der Waals surface area (Å²) in [6.07, 6.45) is 1.40. The number of benzene rings is 3. The second-order valence-electron chi connectivity index (χ2n) is 7.66. The molecule has 0 heterocycles. The second-order valence-corrected chi connectivity index (χ2v) is 8.52. The minimum Gasteiger partial charge on any atom is -0.490 e. The number of halogens is 1. The van der Waals surface area contributed by atoms with Gasteiger partial charge in [0.15, 0.2) is 11.5 Å². The third kappa shape index (κ3) is 7.18. The third-order valence-electron chi connectivity index (χ3n) is 5.11. The first kappa shape index (κ1) is 27.9. The third-order valence-corrected chi connectivity index (χ3v) is 5.79. The Hall–Kier alpha value is -4.69. The van der Waals surface area contributed by atoms with Crippen molar-refractivity contribution in [3.05, 3.63) is 97.5 Å². The number of nitrogens with one attached hydrogen (secondary N) is 1. The average Bonchev–Trinajstić information content (AvgIpc) is 2.92. The topological polar surface area (TPSA) is 141 Å². The number of hydrogen-bond donors (Lipinski definition) is 1. The normalized spacial score (nSPS) is 10.7. The summed E-state index contributed by atoms with van der Waals surface area (Å²) < 4.78 is 16.7. The van der Waals surface area contributed by atoms with Gasteiger partial charge in [0.25, 0.3) is 11.6 Å². The maximum Gasteiger partial charge on any atom is 0.337 e. The van der Waals surface area contributed by atoms with Crippen molar-refractivity contribution in [2.45, 2.75) is 13.5 Å². The number of amides is 1. The van der Waals surface area contributed by atoms with E-state index in [1.165, 1.54) is 49.6 Å². The lowest BCUT2D eigenvalue weighted by molar-refractivity contribution is -0.384. The predicted octanol–water partition coefficient (Wildman–Crippen LogP) is 5.67. The summed E-state index contributed by atoms with van der Waals surface area (Å²) >= 11 is 3.44. The van der Waals surface area contributed by atoms with Crippen LogP contribution in [0.1, 0.15) is 28.4 Å². The number of non-ortho nitro benzene ring substituents is 1.